The van der Waals surface area contributed by atoms with Crippen molar-refractivity contribution in [2.75, 3.05) is 0 Å². The van der Waals surface area contributed by atoms with E-state index in [1.54, 1.807) is 0 Å². The number of nitro groups is 1. The first-order valence-corrected chi connectivity index (χ1v) is 2.06. The molecule has 0 radical (unpaired) electrons. The van der Waals surface area contributed by atoms with E-state index in [2.05, 4.69) is 0 Å². The van der Waals surface area contributed by atoms with Gasteiger partial charge in [-0.2, -0.15) is 0 Å². The molecule has 0 aliphatic heterocycles. The third-order valence-electron chi connectivity index (χ3n) is 0.443. The summed E-state index contributed by atoms with van der Waals surface area (Å²) in [6.45, 7) is 0. The van der Waals surface area contributed by atoms with Gasteiger partial charge in [0.1, 0.15) is 0 Å². The van der Waals surface area contributed by atoms with Gasteiger partial charge in [0.15, 0.2) is 0 Å². The lowest BCUT2D eigenvalue weighted by Crippen LogP contribution is -1.97. The Labute approximate surface area is 49.9 Å². The van der Waals surface area contributed by atoms with Gasteiger partial charge in [0.25, 0.3) is 0 Å². The highest BCUT2D eigenvalue weighted by atomic mass is 35.5. The number of rotatable bonds is 2. The molecular weight excluding hydrogens is 133 g/mol. The number of carbonyl (C=O) groups is 1. The molecule has 0 bridgehead atoms. The van der Waals surface area contributed by atoms with Crippen LogP contribution in [0.3, 0.4) is 0 Å². The Bertz CT molecular complexity index is 141. The summed E-state index contributed by atoms with van der Waals surface area (Å²) in [5.41, 5.74) is -0.0147. The van der Waals surface area contributed by atoms with Crippen molar-refractivity contribution in [2.24, 2.45) is 0 Å². The number of halogens is 1. The number of aldehydes is 1. The van der Waals surface area contributed by atoms with E-state index >= 15 is 0 Å². The van der Waals surface area contributed by atoms with Gasteiger partial charge in [0, 0.05) is 0 Å². The maximum atomic E-state index is 9.58. The van der Waals surface area contributed by atoms with Gasteiger partial charge in [-0.1, -0.05) is 11.6 Å². The molecule has 0 fully saturated rings. The van der Waals surface area contributed by atoms with E-state index in [1.807, 2.05) is 0 Å². The fourth-order valence-electron chi connectivity index (χ4n) is 0.109. The van der Waals surface area contributed by atoms with E-state index in [4.69, 9.17) is 11.6 Å². The lowest BCUT2D eigenvalue weighted by atomic mass is 10.6. The Kier molecular flexibility index (Phi) is 2.79. The van der Waals surface area contributed by atoms with Crippen molar-refractivity contribution in [2.45, 2.75) is 0 Å². The molecule has 0 aliphatic carbocycles. The fraction of sp³-hybridized carbons (Fsp3) is 0. The first kappa shape index (κ1) is 7.10. The molecule has 0 amide bonds. The van der Waals surface area contributed by atoms with Crippen LogP contribution in [-0.4, -0.2) is 11.2 Å². The van der Waals surface area contributed by atoms with Crippen molar-refractivity contribution >= 4 is 17.9 Å². The molecule has 0 atom stereocenters. The highest BCUT2D eigenvalue weighted by Gasteiger charge is 2.04. The molecule has 0 aromatic carbocycles. The molecule has 0 aliphatic rings. The Morgan fingerprint density at radius 2 is 2.25 bits per heavy atom. The summed E-state index contributed by atoms with van der Waals surface area (Å²) in [7, 11) is 0. The normalized spacial score (nSPS) is 10.9. The standard InChI is InChI=1S/C3H2ClNO3/c4-1-3(2-6)5(7)8/h1-2H. The van der Waals surface area contributed by atoms with Crippen LogP contribution in [0.25, 0.3) is 0 Å². The Balaban J connectivity index is 4.13. The van der Waals surface area contributed by atoms with Crippen LogP contribution in [-0.2, 0) is 4.79 Å². The average Bonchev–Trinajstić information content (AvgIpc) is 1.69. The van der Waals surface area contributed by atoms with E-state index < -0.39 is 10.6 Å². The molecule has 8 heavy (non-hydrogen) atoms. The quantitative estimate of drug-likeness (QED) is 0.240. The van der Waals surface area contributed by atoms with Gasteiger partial charge in [-0.25, -0.2) is 0 Å². The van der Waals surface area contributed by atoms with Crippen LogP contribution in [0, 0.1) is 10.1 Å². The maximum absolute atomic E-state index is 9.58. The topological polar surface area (TPSA) is 60.2 Å². The van der Waals surface area contributed by atoms with E-state index in [-0.39, 0.29) is 6.29 Å². The van der Waals surface area contributed by atoms with E-state index in [0.717, 1.165) is 0 Å². The van der Waals surface area contributed by atoms with Crippen LogP contribution >= 0.6 is 11.6 Å². The molecule has 0 heterocycles. The Morgan fingerprint density at radius 3 is 2.25 bits per heavy atom. The second kappa shape index (κ2) is 3.15. The zero-order valence-electron chi connectivity index (χ0n) is 3.70. The molecule has 0 unspecified atom stereocenters. The summed E-state index contributed by atoms with van der Waals surface area (Å²) in [5, 5.41) is 9.58. The molecule has 0 rings (SSSR count). The lowest BCUT2D eigenvalue weighted by Gasteiger charge is -1.79. The summed E-state index contributed by atoms with van der Waals surface area (Å²) < 4.78 is 0. The Morgan fingerprint density at radius 1 is 1.75 bits per heavy atom. The third kappa shape index (κ3) is 1.70. The van der Waals surface area contributed by atoms with Crippen LogP contribution in [0.4, 0.5) is 0 Å². The second-order valence-corrected chi connectivity index (χ2v) is 1.13. The Hall–Kier alpha value is -0.900. The largest absolute Gasteiger partial charge is 0.319 e. The zero-order chi connectivity index (χ0) is 6.57. The third-order valence-corrected chi connectivity index (χ3v) is 0.667. The molecule has 0 spiro atoms. The van der Waals surface area contributed by atoms with Crippen molar-refractivity contribution < 1.29 is 9.72 Å². The molecule has 0 aromatic rings. The maximum Gasteiger partial charge on any atom is 0.319 e. The van der Waals surface area contributed by atoms with E-state index in [1.165, 1.54) is 0 Å². The van der Waals surface area contributed by atoms with Gasteiger partial charge < -0.3 is 0 Å². The smallest absolute Gasteiger partial charge is 0.291 e. The summed E-state index contributed by atoms with van der Waals surface area (Å²) in [4.78, 5) is 18.3. The van der Waals surface area contributed by atoms with Gasteiger partial charge >= 0.3 is 5.70 Å². The van der Waals surface area contributed by atoms with Crippen LogP contribution in [0.5, 0.6) is 0 Å². The number of nitrogens with zero attached hydrogens (tertiary/aromatic N) is 1. The highest BCUT2D eigenvalue weighted by molar-refractivity contribution is 6.26. The van der Waals surface area contributed by atoms with Crippen LogP contribution in [0.1, 0.15) is 0 Å². The van der Waals surface area contributed by atoms with Crippen LogP contribution < -0.4 is 0 Å². The monoisotopic (exact) mass is 135 g/mol. The van der Waals surface area contributed by atoms with Crippen molar-refractivity contribution in [3.05, 3.63) is 21.3 Å². The first-order valence-electron chi connectivity index (χ1n) is 1.62. The van der Waals surface area contributed by atoms with Crippen molar-refractivity contribution in [3.63, 3.8) is 0 Å². The number of hydrogen-bond donors (Lipinski definition) is 0. The molecule has 0 saturated carbocycles. The summed E-state index contributed by atoms with van der Waals surface area (Å²) >= 11 is 4.83. The molecule has 0 aromatic heterocycles. The van der Waals surface area contributed by atoms with E-state index in [9.17, 15) is 14.9 Å². The number of carbonyl (C=O) groups excluding carboxylic acids is 1. The summed E-state index contributed by atoms with van der Waals surface area (Å²) in [6, 6.07) is 0. The second-order valence-electron chi connectivity index (χ2n) is 0.909. The predicted octanol–water partition coefficient (Wildman–Crippen LogP) is 0.542. The van der Waals surface area contributed by atoms with Crippen molar-refractivity contribution in [3.8, 4) is 0 Å². The number of hydrogen-bond acceptors (Lipinski definition) is 3. The molecule has 4 nitrogen and oxygen atoms in total. The van der Waals surface area contributed by atoms with Crippen LogP contribution in [0.15, 0.2) is 11.2 Å². The molecule has 5 heteroatoms. The van der Waals surface area contributed by atoms with Crippen LogP contribution in [0.2, 0.25) is 0 Å². The van der Waals surface area contributed by atoms with Crippen molar-refractivity contribution in [1.82, 2.24) is 0 Å². The summed E-state index contributed by atoms with van der Waals surface area (Å²) in [5.74, 6) is 0. The average molecular weight is 136 g/mol. The summed E-state index contributed by atoms with van der Waals surface area (Å²) in [6.07, 6.45) is 0.0764. The van der Waals surface area contributed by atoms with Crippen molar-refractivity contribution in [1.29, 1.82) is 0 Å². The molecule has 0 N–H and O–H groups in total. The van der Waals surface area contributed by atoms with Gasteiger partial charge in [-0.05, 0) is 0 Å². The minimum absolute atomic E-state index is 0.0764. The molecule has 0 saturated heterocycles. The highest BCUT2D eigenvalue weighted by Crippen LogP contribution is 1.91. The SMILES string of the molecule is O=CC(=CCl)[N+](=O)[O-]. The van der Waals surface area contributed by atoms with Gasteiger partial charge in [0.2, 0.25) is 6.29 Å². The van der Waals surface area contributed by atoms with Gasteiger partial charge in [-0.3, -0.25) is 14.9 Å². The van der Waals surface area contributed by atoms with Gasteiger partial charge in [-0.15, -0.1) is 0 Å². The van der Waals surface area contributed by atoms with E-state index in [0.29, 0.717) is 5.54 Å². The van der Waals surface area contributed by atoms with Gasteiger partial charge in [0.05, 0.1) is 10.5 Å². The minimum Gasteiger partial charge on any atom is -0.291 e. The number of allylic oxidation sites excluding steroid dienone is 1. The lowest BCUT2D eigenvalue weighted by molar-refractivity contribution is -0.417. The first-order chi connectivity index (χ1) is 3.72. The molecular formula is C3H2ClNO3. The zero-order valence-corrected chi connectivity index (χ0v) is 4.46. The predicted molar refractivity (Wildman–Crippen MR) is 27.0 cm³/mol. The molecule has 44 valence electrons. The fourth-order valence-corrected chi connectivity index (χ4v) is 0.240. The minimum atomic E-state index is -0.861.